The summed E-state index contributed by atoms with van der Waals surface area (Å²) in [5.41, 5.74) is 0.995. The monoisotopic (exact) mass is 300 g/mol. The molecule has 0 amide bonds. The maximum Gasteiger partial charge on any atom is 0.282 e. The number of aryl methyl sites for hydroxylation is 1. The molecule has 20 heavy (non-hydrogen) atoms. The van der Waals surface area contributed by atoms with Crippen molar-refractivity contribution in [1.29, 1.82) is 0 Å². The first-order valence-corrected chi connectivity index (χ1v) is 8.73. The zero-order valence-electron chi connectivity index (χ0n) is 12.3. The summed E-state index contributed by atoms with van der Waals surface area (Å²) in [5.74, 6) is 0.727. The first-order chi connectivity index (χ1) is 9.55. The van der Waals surface area contributed by atoms with Gasteiger partial charge in [0.1, 0.15) is 5.76 Å². The molecule has 2 heterocycles. The Morgan fingerprint density at radius 1 is 1.25 bits per heavy atom. The molecule has 0 atom stereocenters. The third-order valence-corrected chi connectivity index (χ3v) is 5.92. The van der Waals surface area contributed by atoms with Crippen molar-refractivity contribution in [3.8, 4) is 0 Å². The number of nitrogens with zero attached hydrogens (tertiary/aromatic N) is 2. The van der Waals surface area contributed by atoms with Crippen LogP contribution in [0.3, 0.4) is 0 Å². The molecule has 0 N–H and O–H groups in total. The van der Waals surface area contributed by atoms with E-state index in [0.717, 1.165) is 37.0 Å². The molecule has 0 unspecified atom stereocenters. The van der Waals surface area contributed by atoms with Gasteiger partial charge in [0.2, 0.25) is 0 Å². The van der Waals surface area contributed by atoms with Crippen LogP contribution in [0, 0.1) is 6.92 Å². The van der Waals surface area contributed by atoms with Gasteiger partial charge in [0.15, 0.2) is 0 Å². The molecule has 2 rings (SSSR count). The molecule has 1 fully saturated rings. The summed E-state index contributed by atoms with van der Waals surface area (Å²) in [6.45, 7) is 5.85. The van der Waals surface area contributed by atoms with Gasteiger partial charge in [-0.1, -0.05) is 19.8 Å². The summed E-state index contributed by atoms with van der Waals surface area (Å²) in [6.07, 6.45) is 5.76. The second-order valence-corrected chi connectivity index (χ2v) is 7.20. The third-order valence-electron chi connectivity index (χ3n) is 3.86. The van der Waals surface area contributed by atoms with Crippen LogP contribution < -0.4 is 0 Å². The van der Waals surface area contributed by atoms with Gasteiger partial charge in [0, 0.05) is 19.6 Å². The van der Waals surface area contributed by atoms with Crippen molar-refractivity contribution in [3.63, 3.8) is 0 Å². The lowest BCUT2D eigenvalue weighted by Crippen LogP contribution is -2.43. The van der Waals surface area contributed by atoms with Crippen molar-refractivity contribution in [2.75, 3.05) is 19.6 Å². The van der Waals surface area contributed by atoms with E-state index in [1.165, 1.54) is 4.31 Å². The Bertz CT molecular complexity index is 516. The molecule has 0 saturated carbocycles. The summed E-state index contributed by atoms with van der Waals surface area (Å²) in [6, 6.07) is 1.86. The van der Waals surface area contributed by atoms with Crippen molar-refractivity contribution in [2.45, 2.75) is 46.1 Å². The van der Waals surface area contributed by atoms with Crippen molar-refractivity contribution < 1.29 is 12.8 Å². The summed E-state index contributed by atoms with van der Waals surface area (Å²) < 4.78 is 33.9. The zero-order valence-corrected chi connectivity index (χ0v) is 13.2. The lowest BCUT2D eigenvalue weighted by Gasteiger charge is -2.27. The van der Waals surface area contributed by atoms with E-state index in [0.29, 0.717) is 26.2 Å². The Morgan fingerprint density at radius 3 is 2.40 bits per heavy atom. The van der Waals surface area contributed by atoms with Crippen molar-refractivity contribution in [1.82, 2.24) is 8.61 Å². The Morgan fingerprint density at radius 2 is 1.90 bits per heavy atom. The Labute approximate surface area is 121 Å². The van der Waals surface area contributed by atoms with Crippen LogP contribution in [-0.4, -0.2) is 36.7 Å². The average molecular weight is 300 g/mol. The minimum absolute atomic E-state index is 0.314. The quantitative estimate of drug-likeness (QED) is 0.839. The van der Waals surface area contributed by atoms with Gasteiger partial charge in [-0.15, -0.1) is 0 Å². The van der Waals surface area contributed by atoms with Crippen molar-refractivity contribution in [2.24, 2.45) is 0 Å². The highest BCUT2D eigenvalue weighted by Gasteiger charge is 2.29. The van der Waals surface area contributed by atoms with Gasteiger partial charge >= 0.3 is 0 Å². The van der Waals surface area contributed by atoms with Crippen LogP contribution in [0.5, 0.6) is 0 Å². The number of furan rings is 1. The van der Waals surface area contributed by atoms with Crippen LogP contribution in [0.2, 0.25) is 0 Å². The molecule has 1 aliphatic heterocycles. The Hall–Kier alpha value is -0.850. The fourth-order valence-electron chi connectivity index (χ4n) is 2.52. The molecular formula is C14H24N2O3S. The number of hydrogen-bond donors (Lipinski definition) is 0. The first kappa shape index (κ1) is 15.5. The topological polar surface area (TPSA) is 53.8 Å². The fraction of sp³-hybridized carbons (Fsp3) is 0.714. The normalized spacial score (nSPS) is 18.4. The Kier molecular flexibility index (Phi) is 5.23. The molecule has 1 aromatic heterocycles. The molecule has 1 saturated heterocycles. The van der Waals surface area contributed by atoms with E-state index in [9.17, 15) is 8.42 Å². The minimum Gasteiger partial charge on any atom is -0.468 e. The maximum absolute atomic E-state index is 12.7. The molecule has 0 radical (unpaired) electrons. The predicted octanol–water partition coefficient (Wildman–Crippen LogP) is 2.53. The molecule has 0 aliphatic carbocycles. The van der Waals surface area contributed by atoms with Crippen LogP contribution in [-0.2, 0) is 16.8 Å². The van der Waals surface area contributed by atoms with E-state index in [1.54, 1.807) is 10.6 Å². The van der Waals surface area contributed by atoms with Gasteiger partial charge in [0.25, 0.3) is 10.2 Å². The third kappa shape index (κ3) is 3.42. The lowest BCUT2D eigenvalue weighted by atomic mass is 10.2. The predicted molar refractivity (Wildman–Crippen MR) is 78.5 cm³/mol. The molecule has 1 aromatic rings. The number of hydrogen-bond acceptors (Lipinski definition) is 3. The summed E-state index contributed by atoms with van der Waals surface area (Å²) in [7, 11) is -3.38. The summed E-state index contributed by atoms with van der Waals surface area (Å²) >= 11 is 0. The van der Waals surface area contributed by atoms with Crippen LogP contribution in [0.25, 0.3) is 0 Å². The largest absolute Gasteiger partial charge is 0.468 e. The van der Waals surface area contributed by atoms with Crippen LogP contribution in [0.15, 0.2) is 16.7 Å². The van der Waals surface area contributed by atoms with E-state index >= 15 is 0 Å². The highest BCUT2D eigenvalue weighted by molar-refractivity contribution is 7.86. The highest BCUT2D eigenvalue weighted by Crippen LogP contribution is 2.19. The average Bonchev–Trinajstić information content (AvgIpc) is 2.69. The van der Waals surface area contributed by atoms with Gasteiger partial charge in [-0.25, -0.2) is 0 Å². The van der Waals surface area contributed by atoms with E-state index in [1.807, 2.05) is 19.9 Å². The first-order valence-electron chi connectivity index (χ1n) is 7.34. The van der Waals surface area contributed by atoms with Gasteiger partial charge in [-0.3, -0.25) is 0 Å². The molecule has 0 aromatic carbocycles. The SMILES string of the molecule is CCN(Cc1occc1C)S(=O)(=O)N1CCCCCC1. The molecule has 0 spiro atoms. The van der Waals surface area contributed by atoms with E-state index in [4.69, 9.17) is 4.42 Å². The van der Waals surface area contributed by atoms with E-state index in [2.05, 4.69) is 0 Å². The summed E-state index contributed by atoms with van der Waals surface area (Å²) in [5, 5.41) is 0. The van der Waals surface area contributed by atoms with Crippen molar-refractivity contribution >= 4 is 10.2 Å². The summed E-state index contributed by atoms with van der Waals surface area (Å²) in [4.78, 5) is 0. The maximum atomic E-state index is 12.7. The van der Waals surface area contributed by atoms with E-state index < -0.39 is 10.2 Å². The van der Waals surface area contributed by atoms with Gasteiger partial charge in [-0.05, 0) is 31.4 Å². The zero-order chi connectivity index (χ0) is 14.6. The highest BCUT2D eigenvalue weighted by atomic mass is 32.2. The molecule has 6 heteroatoms. The van der Waals surface area contributed by atoms with E-state index in [-0.39, 0.29) is 0 Å². The molecule has 114 valence electrons. The van der Waals surface area contributed by atoms with Crippen molar-refractivity contribution in [3.05, 3.63) is 23.7 Å². The lowest BCUT2D eigenvalue weighted by molar-refractivity contribution is 0.324. The smallest absolute Gasteiger partial charge is 0.282 e. The number of rotatable bonds is 5. The second-order valence-electron chi connectivity index (χ2n) is 5.27. The Balaban J connectivity index is 2.14. The van der Waals surface area contributed by atoms with Gasteiger partial charge < -0.3 is 4.42 Å². The molecule has 5 nitrogen and oxygen atoms in total. The standard InChI is InChI=1S/C14H24N2O3S/c1-3-15(12-14-13(2)8-11-19-14)20(17,18)16-9-6-4-5-7-10-16/h8,11H,3-7,9-10,12H2,1-2H3. The van der Waals surface area contributed by atoms with Crippen LogP contribution >= 0.6 is 0 Å². The van der Waals surface area contributed by atoms with Gasteiger partial charge in [-0.2, -0.15) is 17.0 Å². The van der Waals surface area contributed by atoms with Gasteiger partial charge in [0.05, 0.1) is 12.8 Å². The fourth-order valence-corrected chi connectivity index (χ4v) is 4.17. The molecular weight excluding hydrogens is 276 g/mol. The van der Waals surface area contributed by atoms with Crippen LogP contribution in [0.4, 0.5) is 0 Å². The minimum atomic E-state index is -3.38. The second kappa shape index (κ2) is 6.74. The van der Waals surface area contributed by atoms with Crippen LogP contribution in [0.1, 0.15) is 43.9 Å². The molecule has 0 bridgehead atoms. The molecule has 1 aliphatic rings.